The molecular formula is C29H26ClN5O3S. The van der Waals surface area contributed by atoms with Crippen molar-refractivity contribution in [2.45, 2.75) is 17.9 Å². The summed E-state index contributed by atoms with van der Waals surface area (Å²) in [5.41, 5.74) is 4.07. The predicted molar refractivity (Wildman–Crippen MR) is 155 cm³/mol. The largest absolute Gasteiger partial charge is 0.497 e. The summed E-state index contributed by atoms with van der Waals surface area (Å²) in [6.45, 7) is 0.533. The van der Waals surface area contributed by atoms with E-state index in [1.165, 1.54) is 11.9 Å². The Balaban J connectivity index is 1.39. The highest BCUT2D eigenvalue weighted by molar-refractivity contribution is 7.97. The quantitative estimate of drug-likeness (QED) is 0.201. The zero-order valence-electron chi connectivity index (χ0n) is 21.3. The molecule has 0 saturated carbocycles. The molecule has 3 aromatic carbocycles. The molecule has 39 heavy (non-hydrogen) atoms. The smallest absolute Gasteiger partial charge is 0.228 e. The lowest BCUT2D eigenvalue weighted by molar-refractivity contribution is -0.115. The van der Waals surface area contributed by atoms with Gasteiger partial charge in [0.2, 0.25) is 5.91 Å². The van der Waals surface area contributed by atoms with Gasteiger partial charge in [-0.15, -0.1) is 0 Å². The van der Waals surface area contributed by atoms with E-state index in [9.17, 15) is 4.79 Å². The van der Waals surface area contributed by atoms with Gasteiger partial charge < -0.3 is 14.8 Å². The number of nitrogens with zero attached hydrogens (tertiary/aromatic N) is 3. The summed E-state index contributed by atoms with van der Waals surface area (Å²) in [5, 5.41) is 9.23. The van der Waals surface area contributed by atoms with Crippen LogP contribution < -0.4 is 19.5 Å². The Morgan fingerprint density at radius 1 is 1.03 bits per heavy atom. The molecule has 0 aliphatic heterocycles. The Bertz CT molecular complexity index is 1590. The van der Waals surface area contributed by atoms with Crippen LogP contribution in [-0.2, 0) is 17.8 Å². The summed E-state index contributed by atoms with van der Waals surface area (Å²) < 4.78 is 16.1. The lowest BCUT2D eigenvalue weighted by Gasteiger charge is -2.14. The number of carbonyl (C=O) groups is 1. The normalized spacial score (nSPS) is 10.9. The summed E-state index contributed by atoms with van der Waals surface area (Å²) in [7, 11) is 3.26. The van der Waals surface area contributed by atoms with Gasteiger partial charge >= 0.3 is 0 Å². The first-order chi connectivity index (χ1) is 19.0. The Labute approximate surface area is 235 Å². The standard InChI is InChI=1S/C29H26ClN5O3S/c1-37-23-9-7-20(27(15-23)38-2)16-32-39-28-14-22(33-29(36)13-19-5-3-4-6-24(19)30)8-10-26(28)35-18-21-11-12-31-17-25(21)34-35/h3-12,14-15,17-18,32H,13,16H2,1-2H3,(H,33,36). The van der Waals surface area contributed by atoms with Crippen molar-refractivity contribution in [1.29, 1.82) is 0 Å². The molecule has 8 nitrogen and oxygen atoms in total. The summed E-state index contributed by atoms with van der Waals surface area (Å²) in [5.74, 6) is 1.30. The molecule has 0 aliphatic carbocycles. The Morgan fingerprint density at radius 2 is 1.90 bits per heavy atom. The minimum atomic E-state index is -0.154. The maximum Gasteiger partial charge on any atom is 0.228 e. The van der Waals surface area contributed by atoms with E-state index in [4.69, 9.17) is 21.1 Å². The molecule has 0 spiro atoms. The summed E-state index contributed by atoms with van der Waals surface area (Å²) in [6.07, 6.45) is 5.61. The average Bonchev–Trinajstić information content (AvgIpc) is 3.38. The van der Waals surface area contributed by atoms with Crippen molar-refractivity contribution in [1.82, 2.24) is 19.5 Å². The topological polar surface area (TPSA) is 90.3 Å². The molecule has 5 rings (SSSR count). The van der Waals surface area contributed by atoms with Gasteiger partial charge in [0.15, 0.2) is 0 Å². The number of amides is 1. The third-order valence-electron chi connectivity index (χ3n) is 6.05. The van der Waals surface area contributed by atoms with E-state index in [0.29, 0.717) is 17.3 Å². The van der Waals surface area contributed by atoms with Crippen LogP contribution in [0.3, 0.4) is 0 Å². The molecule has 0 unspecified atom stereocenters. The van der Waals surface area contributed by atoms with Gasteiger partial charge in [-0.3, -0.25) is 14.5 Å². The Kier molecular flexibility index (Phi) is 8.31. The average molecular weight is 560 g/mol. The van der Waals surface area contributed by atoms with Crippen molar-refractivity contribution >= 4 is 46.0 Å². The van der Waals surface area contributed by atoms with E-state index in [2.05, 4.69) is 20.1 Å². The third kappa shape index (κ3) is 6.34. The fourth-order valence-electron chi connectivity index (χ4n) is 4.06. The highest BCUT2D eigenvalue weighted by Crippen LogP contribution is 2.30. The van der Waals surface area contributed by atoms with E-state index < -0.39 is 0 Å². The minimum absolute atomic E-state index is 0.154. The van der Waals surface area contributed by atoms with Crippen LogP contribution in [0.15, 0.2) is 90.2 Å². The van der Waals surface area contributed by atoms with Crippen molar-refractivity contribution in [3.63, 3.8) is 0 Å². The van der Waals surface area contributed by atoms with E-state index in [1.54, 1.807) is 32.7 Å². The summed E-state index contributed by atoms with van der Waals surface area (Å²) in [6, 6.07) is 20.7. The molecule has 0 radical (unpaired) electrons. The molecule has 0 saturated heterocycles. The van der Waals surface area contributed by atoms with Gasteiger partial charge in [0.1, 0.15) is 17.0 Å². The summed E-state index contributed by atoms with van der Waals surface area (Å²) in [4.78, 5) is 17.8. The molecule has 5 aromatic rings. The zero-order valence-corrected chi connectivity index (χ0v) is 22.9. The van der Waals surface area contributed by atoms with Crippen molar-refractivity contribution in [2.24, 2.45) is 0 Å². The van der Waals surface area contributed by atoms with Crippen LogP contribution >= 0.6 is 23.5 Å². The Hall–Kier alpha value is -4.05. The summed E-state index contributed by atoms with van der Waals surface area (Å²) >= 11 is 7.68. The third-order valence-corrected chi connectivity index (χ3v) is 7.25. The van der Waals surface area contributed by atoms with Crippen molar-refractivity contribution in [3.05, 3.63) is 101 Å². The second-order valence-electron chi connectivity index (χ2n) is 8.61. The highest BCUT2D eigenvalue weighted by Gasteiger charge is 2.13. The van der Waals surface area contributed by atoms with Crippen LogP contribution in [-0.4, -0.2) is 34.9 Å². The number of ether oxygens (including phenoxy) is 2. The van der Waals surface area contributed by atoms with Crippen molar-refractivity contribution < 1.29 is 14.3 Å². The number of aromatic nitrogens is 3. The molecule has 0 bridgehead atoms. The van der Waals surface area contributed by atoms with E-state index in [-0.39, 0.29) is 12.3 Å². The van der Waals surface area contributed by atoms with E-state index in [0.717, 1.165) is 44.1 Å². The van der Waals surface area contributed by atoms with Crippen molar-refractivity contribution in [3.8, 4) is 17.2 Å². The van der Waals surface area contributed by atoms with Gasteiger partial charge in [0, 0.05) is 46.7 Å². The van der Waals surface area contributed by atoms with Crippen LogP contribution in [0.5, 0.6) is 11.5 Å². The van der Waals surface area contributed by atoms with Crippen LogP contribution in [0.25, 0.3) is 16.6 Å². The lowest BCUT2D eigenvalue weighted by Crippen LogP contribution is -2.15. The number of pyridine rings is 1. The molecule has 2 heterocycles. The van der Waals surface area contributed by atoms with Gasteiger partial charge in [0.05, 0.1) is 37.4 Å². The van der Waals surface area contributed by atoms with Crippen LogP contribution in [0.1, 0.15) is 11.1 Å². The van der Waals surface area contributed by atoms with Gasteiger partial charge in [-0.25, -0.2) is 4.68 Å². The van der Waals surface area contributed by atoms with Gasteiger partial charge in [0.25, 0.3) is 0 Å². The van der Waals surface area contributed by atoms with Crippen LogP contribution in [0, 0.1) is 0 Å². The van der Waals surface area contributed by atoms with Gasteiger partial charge in [-0.05, 0) is 53.9 Å². The number of nitrogens with one attached hydrogen (secondary N) is 2. The van der Waals surface area contributed by atoms with Crippen molar-refractivity contribution in [2.75, 3.05) is 19.5 Å². The number of halogens is 1. The number of benzene rings is 3. The number of anilines is 1. The fraction of sp³-hybridized carbons (Fsp3) is 0.138. The lowest BCUT2D eigenvalue weighted by atomic mass is 10.1. The molecular weight excluding hydrogens is 534 g/mol. The number of rotatable bonds is 10. The number of hydrogen-bond acceptors (Lipinski definition) is 7. The first-order valence-corrected chi connectivity index (χ1v) is 13.3. The van der Waals surface area contributed by atoms with Gasteiger partial charge in [-0.2, -0.15) is 5.10 Å². The molecule has 0 atom stereocenters. The molecule has 0 aliphatic rings. The molecule has 198 valence electrons. The molecule has 1 amide bonds. The maximum atomic E-state index is 12.8. The maximum absolute atomic E-state index is 12.8. The first kappa shape index (κ1) is 26.6. The van der Waals surface area contributed by atoms with E-state index in [1.807, 2.05) is 71.5 Å². The molecule has 2 aromatic heterocycles. The van der Waals surface area contributed by atoms with E-state index >= 15 is 0 Å². The first-order valence-electron chi connectivity index (χ1n) is 12.1. The highest BCUT2D eigenvalue weighted by atomic mass is 35.5. The predicted octanol–water partition coefficient (Wildman–Crippen LogP) is 6.07. The van der Waals surface area contributed by atoms with Gasteiger partial charge in [-0.1, -0.05) is 35.9 Å². The number of carbonyl (C=O) groups excluding carboxylic acids is 1. The minimum Gasteiger partial charge on any atom is -0.497 e. The molecule has 10 heteroatoms. The zero-order chi connectivity index (χ0) is 27.2. The monoisotopic (exact) mass is 559 g/mol. The van der Waals surface area contributed by atoms with Crippen LogP contribution in [0.2, 0.25) is 5.02 Å². The second-order valence-corrected chi connectivity index (χ2v) is 9.95. The molecule has 0 fully saturated rings. The second kappa shape index (κ2) is 12.2. The van der Waals surface area contributed by atoms with Crippen LogP contribution in [0.4, 0.5) is 5.69 Å². The number of hydrogen-bond donors (Lipinski definition) is 2. The number of fused-ring (bicyclic) bond motifs is 1. The molecule has 2 N–H and O–H groups in total. The SMILES string of the molecule is COc1ccc(CNSc2cc(NC(=O)Cc3ccccc3Cl)ccc2-n2cc3ccncc3n2)c(OC)c1. The fourth-order valence-corrected chi connectivity index (χ4v) is 5.10. The number of methoxy groups -OCH3 is 2. The Morgan fingerprint density at radius 3 is 2.69 bits per heavy atom.